The third-order valence-electron chi connectivity index (χ3n) is 2.85. The van der Waals surface area contributed by atoms with E-state index in [0.717, 1.165) is 0 Å². The second-order valence-corrected chi connectivity index (χ2v) is 4.36. The average molecular weight is 260 g/mol. The molecule has 0 saturated heterocycles. The molecule has 0 aromatic rings. The molecule has 0 aliphatic heterocycles. The van der Waals surface area contributed by atoms with Gasteiger partial charge in [-0.2, -0.15) is 22.0 Å². The zero-order valence-electron chi connectivity index (χ0n) is 9.19. The molecule has 0 radical (unpaired) electrons. The molecule has 2 nitrogen and oxygen atoms in total. The molecular formula is C10H13F5O2. The first kappa shape index (κ1) is 14.2. The van der Waals surface area contributed by atoms with Gasteiger partial charge >= 0.3 is 18.1 Å². The van der Waals surface area contributed by atoms with E-state index in [0.29, 0.717) is 31.6 Å². The Morgan fingerprint density at radius 2 is 1.53 bits per heavy atom. The molecule has 0 unspecified atom stereocenters. The van der Waals surface area contributed by atoms with Crippen molar-refractivity contribution in [3.05, 3.63) is 0 Å². The summed E-state index contributed by atoms with van der Waals surface area (Å²) in [5.74, 6) is -7.53. The topological polar surface area (TPSA) is 26.3 Å². The van der Waals surface area contributed by atoms with Crippen LogP contribution in [0, 0.1) is 5.92 Å². The van der Waals surface area contributed by atoms with Crippen molar-refractivity contribution >= 4 is 5.97 Å². The number of hydrogen-bond donors (Lipinski definition) is 0. The number of hydrogen-bond acceptors (Lipinski definition) is 2. The maximum atomic E-state index is 12.6. The number of rotatable bonds is 2. The zero-order valence-corrected chi connectivity index (χ0v) is 9.19. The van der Waals surface area contributed by atoms with Crippen LogP contribution >= 0.6 is 0 Å². The fourth-order valence-corrected chi connectivity index (χ4v) is 1.69. The Morgan fingerprint density at radius 3 is 1.94 bits per heavy atom. The minimum absolute atomic E-state index is 0.334. The van der Waals surface area contributed by atoms with Gasteiger partial charge in [0.25, 0.3) is 0 Å². The number of alkyl halides is 5. The third kappa shape index (κ3) is 3.29. The van der Waals surface area contributed by atoms with E-state index in [-0.39, 0.29) is 0 Å². The van der Waals surface area contributed by atoms with E-state index in [1.165, 1.54) is 0 Å². The van der Waals surface area contributed by atoms with Crippen molar-refractivity contribution in [1.29, 1.82) is 0 Å². The van der Waals surface area contributed by atoms with Gasteiger partial charge in [0, 0.05) is 0 Å². The summed E-state index contributed by atoms with van der Waals surface area (Å²) in [4.78, 5) is 10.8. The predicted molar refractivity (Wildman–Crippen MR) is 48.5 cm³/mol. The Labute approximate surface area is 95.1 Å². The summed E-state index contributed by atoms with van der Waals surface area (Å²) in [6.07, 6.45) is -4.73. The molecule has 1 aliphatic carbocycles. The van der Waals surface area contributed by atoms with Crippen LogP contribution in [-0.2, 0) is 9.53 Å². The van der Waals surface area contributed by atoms with Crippen molar-refractivity contribution in [3.63, 3.8) is 0 Å². The van der Waals surface area contributed by atoms with Gasteiger partial charge in [-0.25, -0.2) is 4.79 Å². The van der Waals surface area contributed by atoms with Gasteiger partial charge in [0.1, 0.15) is 6.10 Å². The first-order valence-electron chi connectivity index (χ1n) is 5.30. The number of carbonyl (C=O) groups excluding carboxylic acids is 1. The monoisotopic (exact) mass is 260 g/mol. The van der Waals surface area contributed by atoms with E-state index in [9.17, 15) is 26.7 Å². The molecule has 0 aromatic carbocycles. The summed E-state index contributed by atoms with van der Waals surface area (Å²) in [6.45, 7) is 1.95. The first-order chi connectivity index (χ1) is 7.64. The molecule has 1 saturated carbocycles. The van der Waals surface area contributed by atoms with Gasteiger partial charge < -0.3 is 4.74 Å². The lowest BCUT2D eigenvalue weighted by Crippen LogP contribution is -2.46. The van der Waals surface area contributed by atoms with Crippen molar-refractivity contribution in [3.8, 4) is 0 Å². The van der Waals surface area contributed by atoms with Crippen molar-refractivity contribution < 1.29 is 31.5 Å². The maximum absolute atomic E-state index is 12.6. The number of carbonyl (C=O) groups is 1. The van der Waals surface area contributed by atoms with E-state index < -0.39 is 24.2 Å². The standard InChI is InChI=1S/C10H13F5O2/c1-6-2-4-7(5-3-6)17-8(16)9(11,12)10(13,14)15/h6-7H,2-5H2,1H3. The van der Waals surface area contributed by atoms with Gasteiger partial charge in [0.15, 0.2) is 0 Å². The highest BCUT2D eigenvalue weighted by molar-refractivity contribution is 5.78. The molecule has 0 spiro atoms. The predicted octanol–water partition coefficient (Wildman–Crippen LogP) is 3.31. The molecule has 7 heteroatoms. The highest BCUT2D eigenvalue weighted by atomic mass is 19.4. The molecule has 0 N–H and O–H groups in total. The summed E-state index contributed by atoms with van der Waals surface area (Å²) in [7, 11) is 0. The van der Waals surface area contributed by atoms with Gasteiger partial charge in [-0.3, -0.25) is 0 Å². The lowest BCUT2D eigenvalue weighted by atomic mass is 9.89. The molecule has 100 valence electrons. The van der Waals surface area contributed by atoms with Crippen LogP contribution in [0.2, 0.25) is 0 Å². The summed E-state index contributed by atoms with van der Waals surface area (Å²) < 4.78 is 64.9. The Bertz CT molecular complexity index is 279. The van der Waals surface area contributed by atoms with Crippen molar-refractivity contribution in [1.82, 2.24) is 0 Å². The van der Waals surface area contributed by atoms with Crippen LogP contribution in [-0.4, -0.2) is 24.2 Å². The van der Waals surface area contributed by atoms with Crippen LogP contribution < -0.4 is 0 Å². The van der Waals surface area contributed by atoms with E-state index in [1.807, 2.05) is 6.92 Å². The van der Waals surface area contributed by atoms with Crippen molar-refractivity contribution in [2.45, 2.75) is 50.8 Å². The Morgan fingerprint density at radius 1 is 1.06 bits per heavy atom. The lowest BCUT2D eigenvalue weighted by Gasteiger charge is -2.27. The first-order valence-corrected chi connectivity index (χ1v) is 5.30. The Kier molecular flexibility index (Phi) is 3.99. The fourth-order valence-electron chi connectivity index (χ4n) is 1.69. The molecule has 1 aliphatic rings. The Balaban J connectivity index is 2.55. The number of ether oxygens (including phenoxy) is 1. The minimum Gasteiger partial charge on any atom is -0.458 e. The van der Waals surface area contributed by atoms with Gasteiger partial charge in [-0.1, -0.05) is 6.92 Å². The smallest absolute Gasteiger partial charge is 0.458 e. The molecule has 0 atom stereocenters. The summed E-state index contributed by atoms with van der Waals surface area (Å²) in [6, 6.07) is 0. The quantitative estimate of drug-likeness (QED) is 0.562. The molecule has 1 rings (SSSR count). The third-order valence-corrected chi connectivity index (χ3v) is 2.85. The van der Waals surface area contributed by atoms with Gasteiger partial charge in [-0.15, -0.1) is 0 Å². The van der Waals surface area contributed by atoms with E-state index in [1.54, 1.807) is 0 Å². The summed E-state index contributed by atoms with van der Waals surface area (Å²) in [5.41, 5.74) is 0. The van der Waals surface area contributed by atoms with Crippen LogP contribution in [0.3, 0.4) is 0 Å². The second-order valence-electron chi connectivity index (χ2n) is 4.36. The van der Waals surface area contributed by atoms with Crippen LogP contribution in [0.1, 0.15) is 32.6 Å². The molecule has 0 heterocycles. The molecule has 17 heavy (non-hydrogen) atoms. The van der Waals surface area contributed by atoms with Gasteiger partial charge in [0.2, 0.25) is 0 Å². The van der Waals surface area contributed by atoms with Crippen LogP contribution in [0.15, 0.2) is 0 Å². The lowest BCUT2D eigenvalue weighted by molar-refractivity contribution is -0.282. The molecule has 1 fully saturated rings. The van der Waals surface area contributed by atoms with Crippen LogP contribution in [0.25, 0.3) is 0 Å². The zero-order chi connectivity index (χ0) is 13.3. The highest BCUT2D eigenvalue weighted by Gasteiger charge is 2.65. The SMILES string of the molecule is CC1CCC(OC(=O)C(F)(F)C(F)(F)F)CC1. The number of halogens is 5. The summed E-state index contributed by atoms with van der Waals surface area (Å²) >= 11 is 0. The normalized spacial score (nSPS) is 26.7. The average Bonchev–Trinajstić information content (AvgIpc) is 2.19. The van der Waals surface area contributed by atoms with Crippen LogP contribution in [0.5, 0.6) is 0 Å². The maximum Gasteiger partial charge on any atom is 0.465 e. The van der Waals surface area contributed by atoms with Gasteiger partial charge in [0.05, 0.1) is 0 Å². The van der Waals surface area contributed by atoms with Crippen LogP contribution in [0.4, 0.5) is 22.0 Å². The molecule has 0 aromatic heterocycles. The Hall–Kier alpha value is -0.880. The fraction of sp³-hybridized carbons (Fsp3) is 0.900. The highest BCUT2D eigenvalue weighted by Crippen LogP contribution is 2.37. The van der Waals surface area contributed by atoms with Crippen molar-refractivity contribution in [2.24, 2.45) is 5.92 Å². The molecule has 0 bridgehead atoms. The van der Waals surface area contributed by atoms with E-state index in [4.69, 9.17) is 0 Å². The number of esters is 1. The second kappa shape index (κ2) is 4.78. The van der Waals surface area contributed by atoms with E-state index in [2.05, 4.69) is 4.74 Å². The summed E-state index contributed by atoms with van der Waals surface area (Å²) in [5, 5.41) is 0. The molecular weight excluding hydrogens is 247 g/mol. The largest absolute Gasteiger partial charge is 0.465 e. The van der Waals surface area contributed by atoms with E-state index >= 15 is 0 Å². The van der Waals surface area contributed by atoms with Gasteiger partial charge in [-0.05, 0) is 31.6 Å². The minimum atomic E-state index is -5.90. The van der Waals surface area contributed by atoms with Crippen molar-refractivity contribution in [2.75, 3.05) is 0 Å². The molecule has 0 amide bonds.